The standard InChI is InChI=1S/C19H25NO8/c1-27-17(24)11-5-3-10(4-6-11)9-20-12(18(25)28-2)8-19(26)14(20)7-13(21)15(22)16(19)23/h3-6,12-16,21-23,26H,7-9H2,1-2H3/t12?,13?,14?,15?,16?,19-/m0/s1. The summed E-state index contributed by atoms with van der Waals surface area (Å²) < 4.78 is 9.52. The number of hydrogen-bond acceptors (Lipinski definition) is 9. The van der Waals surface area contributed by atoms with Crippen LogP contribution in [0.5, 0.6) is 0 Å². The second-order valence-corrected chi connectivity index (χ2v) is 7.35. The number of esters is 2. The number of ether oxygens (including phenoxy) is 2. The van der Waals surface area contributed by atoms with Gasteiger partial charge in [-0.05, 0) is 24.1 Å². The van der Waals surface area contributed by atoms with E-state index in [0.717, 1.165) is 5.56 Å². The molecule has 4 N–H and O–H groups in total. The number of likely N-dealkylation sites (tertiary alicyclic amines) is 1. The second kappa shape index (κ2) is 7.76. The highest BCUT2D eigenvalue weighted by atomic mass is 16.5. The first-order valence-corrected chi connectivity index (χ1v) is 9.00. The zero-order valence-corrected chi connectivity index (χ0v) is 15.7. The number of methoxy groups -OCH3 is 2. The van der Waals surface area contributed by atoms with Crippen LogP contribution in [-0.4, -0.2) is 87.5 Å². The lowest BCUT2D eigenvalue weighted by molar-refractivity contribution is -0.197. The Bertz CT molecular complexity index is 738. The Balaban J connectivity index is 1.90. The SMILES string of the molecule is COC(=O)c1ccc(CN2C(C(=O)OC)C[C@@]3(O)C(O)C(O)C(O)CC23)cc1. The van der Waals surface area contributed by atoms with Crippen LogP contribution >= 0.6 is 0 Å². The normalized spacial score (nSPS) is 35.3. The van der Waals surface area contributed by atoms with Gasteiger partial charge in [-0.3, -0.25) is 9.69 Å². The van der Waals surface area contributed by atoms with Crippen molar-refractivity contribution in [1.29, 1.82) is 0 Å². The summed E-state index contributed by atoms with van der Waals surface area (Å²) in [6.45, 7) is 0.212. The maximum atomic E-state index is 12.3. The number of carbonyl (C=O) groups excluding carboxylic acids is 2. The zero-order chi connectivity index (χ0) is 20.6. The van der Waals surface area contributed by atoms with Crippen molar-refractivity contribution < 1.29 is 39.5 Å². The Labute approximate surface area is 162 Å². The minimum atomic E-state index is -1.76. The van der Waals surface area contributed by atoms with E-state index in [1.54, 1.807) is 29.2 Å². The highest BCUT2D eigenvalue weighted by molar-refractivity contribution is 5.89. The third kappa shape index (κ3) is 3.40. The molecular weight excluding hydrogens is 370 g/mol. The van der Waals surface area contributed by atoms with Gasteiger partial charge in [-0.25, -0.2) is 4.79 Å². The van der Waals surface area contributed by atoms with Crippen molar-refractivity contribution >= 4 is 11.9 Å². The number of carbonyl (C=O) groups is 2. The zero-order valence-electron chi connectivity index (χ0n) is 15.7. The van der Waals surface area contributed by atoms with Crippen LogP contribution in [0, 0.1) is 0 Å². The largest absolute Gasteiger partial charge is 0.468 e. The maximum Gasteiger partial charge on any atom is 0.337 e. The molecule has 0 aromatic heterocycles. The van der Waals surface area contributed by atoms with Crippen LogP contribution in [0.2, 0.25) is 0 Å². The Morgan fingerprint density at radius 2 is 1.79 bits per heavy atom. The molecular formula is C19H25NO8. The van der Waals surface area contributed by atoms with Crippen molar-refractivity contribution in [3.05, 3.63) is 35.4 Å². The van der Waals surface area contributed by atoms with Crippen LogP contribution < -0.4 is 0 Å². The van der Waals surface area contributed by atoms with Gasteiger partial charge in [0.1, 0.15) is 23.9 Å². The van der Waals surface area contributed by atoms with Crippen LogP contribution in [0.25, 0.3) is 0 Å². The van der Waals surface area contributed by atoms with Gasteiger partial charge in [0.15, 0.2) is 0 Å². The van der Waals surface area contributed by atoms with Gasteiger partial charge in [0, 0.05) is 19.0 Å². The van der Waals surface area contributed by atoms with Gasteiger partial charge in [-0.1, -0.05) is 12.1 Å². The molecule has 1 aromatic carbocycles. The lowest BCUT2D eigenvalue weighted by Gasteiger charge is -2.45. The van der Waals surface area contributed by atoms with Crippen LogP contribution in [0.15, 0.2) is 24.3 Å². The number of aliphatic hydroxyl groups is 4. The molecule has 0 radical (unpaired) electrons. The van der Waals surface area contributed by atoms with Gasteiger partial charge in [-0.15, -0.1) is 0 Å². The van der Waals surface area contributed by atoms with Crippen molar-refractivity contribution in [2.75, 3.05) is 14.2 Å². The molecule has 1 heterocycles. The summed E-state index contributed by atoms with van der Waals surface area (Å²) in [5, 5.41) is 41.5. The number of nitrogens with zero attached hydrogens (tertiary/aromatic N) is 1. The van der Waals surface area contributed by atoms with E-state index in [9.17, 15) is 30.0 Å². The lowest BCUT2D eigenvalue weighted by Crippen LogP contribution is -2.64. The molecule has 0 bridgehead atoms. The summed E-state index contributed by atoms with van der Waals surface area (Å²) in [5.74, 6) is -1.05. The van der Waals surface area contributed by atoms with Crippen LogP contribution in [0.3, 0.4) is 0 Å². The van der Waals surface area contributed by atoms with E-state index in [2.05, 4.69) is 4.74 Å². The maximum absolute atomic E-state index is 12.3. The summed E-state index contributed by atoms with van der Waals surface area (Å²) in [7, 11) is 2.52. The number of fused-ring (bicyclic) bond motifs is 1. The molecule has 9 nitrogen and oxygen atoms in total. The van der Waals surface area contributed by atoms with Crippen molar-refractivity contribution in [3.63, 3.8) is 0 Å². The van der Waals surface area contributed by atoms with Gasteiger partial charge in [0.05, 0.1) is 25.9 Å². The number of benzene rings is 1. The van der Waals surface area contributed by atoms with E-state index in [4.69, 9.17) is 4.74 Å². The average molecular weight is 395 g/mol. The molecule has 1 saturated carbocycles. The second-order valence-electron chi connectivity index (χ2n) is 7.35. The molecule has 0 spiro atoms. The smallest absolute Gasteiger partial charge is 0.337 e. The fourth-order valence-corrected chi connectivity index (χ4v) is 4.25. The molecule has 5 unspecified atom stereocenters. The van der Waals surface area contributed by atoms with Crippen molar-refractivity contribution in [2.45, 2.75) is 55.4 Å². The van der Waals surface area contributed by atoms with Gasteiger partial charge < -0.3 is 29.9 Å². The molecule has 28 heavy (non-hydrogen) atoms. The molecule has 6 atom stereocenters. The van der Waals surface area contributed by atoms with Gasteiger partial charge >= 0.3 is 11.9 Å². The molecule has 1 aromatic rings. The van der Waals surface area contributed by atoms with E-state index in [0.29, 0.717) is 5.56 Å². The van der Waals surface area contributed by atoms with Crippen molar-refractivity contribution in [1.82, 2.24) is 4.90 Å². The topological polar surface area (TPSA) is 137 Å². The predicted molar refractivity (Wildman–Crippen MR) is 95.1 cm³/mol. The molecule has 3 rings (SSSR count). The molecule has 9 heteroatoms. The van der Waals surface area contributed by atoms with E-state index in [1.165, 1.54) is 14.2 Å². The Morgan fingerprint density at radius 3 is 2.36 bits per heavy atom. The highest BCUT2D eigenvalue weighted by Gasteiger charge is 2.62. The van der Waals surface area contributed by atoms with Crippen LogP contribution in [-0.2, 0) is 20.8 Å². The van der Waals surface area contributed by atoms with E-state index < -0.39 is 47.9 Å². The minimum Gasteiger partial charge on any atom is -0.468 e. The molecule has 2 aliphatic rings. The van der Waals surface area contributed by atoms with E-state index in [-0.39, 0.29) is 19.4 Å². The average Bonchev–Trinajstić information content (AvgIpc) is 2.99. The van der Waals surface area contributed by atoms with Gasteiger partial charge in [-0.2, -0.15) is 0 Å². The number of rotatable bonds is 4. The van der Waals surface area contributed by atoms with Gasteiger partial charge in [0.2, 0.25) is 0 Å². The third-order valence-electron chi connectivity index (χ3n) is 5.81. The molecule has 0 amide bonds. The first-order chi connectivity index (χ1) is 13.2. The van der Waals surface area contributed by atoms with Gasteiger partial charge in [0.25, 0.3) is 0 Å². The lowest BCUT2D eigenvalue weighted by atomic mass is 9.75. The Morgan fingerprint density at radius 1 is 1.14 bits per heavy atom. The quantitative estimate of drug-likeness (QED) is 0.464. The summed E-state index contributed by atoms with van der Waals surface area (Å²) in [5.41, 5.74) is -0.634. The summed E-state index contributed by atoms with van der Waals surface area (Å²) in [6, 6.07) is 4.96. The predicted octanol–water partition coefficient (Wildman–Crippen LogP) is -1.19. The first-order valence-electron chi connectivity index (χ1n) is 9.00. The molecule has 1 saturated heterocycles. The Kier molecular flexibility index (Phi) is 5.74. The van der Waals surface area contributed by atoms with Crippen LogP contribution in [0.1, 0.15) is 28.8 Å². The molecule has 154 valence electrons. The van der Waals surface area contributed by atoms with E-state index in [1.807, 2.05) is 0 Å². The van der Waals surface area contributed by atoms with Crippen LogP contribution in [0.4, 0.5) is 0 Å². The summed E-state index contributed by atoms with van der Waals surface area (Å²) in [4.78, 5) is 25.5. The highest BCUT2D eigenvalue weighted by Crippen LogP contribution is 2.44. The Hall–Kier alpha value is -2.04. The van der Waals surface area contributed by atoms with Crippen molar-refractivity contribution in [2.24, 2.45) is 0 Å². The molecule has 1 aliphatic heterocycles. The summed E-state index contributed by atoms with van der Waals surface area (Å²) in [6.07, 6.45) is -4.47. The fraction of sp³-hybridized carbons (Fsp3) is 0.579. The van der Waals surface area contributed by atoms with Crippen molar-refractivity contribution in [3.8, 4) is 0 Å². The minimum absolute atomic E-state index is 0.0114. The molecule has 1 aliphatic carbocycles. The van der Waals surface area contributed by atoms with E-state index >= 15 is 0 Å². The molecule has 2 fully saturated rings. The first kappa shape index (κ1) is 20.7. The number of aliphatic hydroxyl groups excluding tert-OH is 3. The monoisotopic (exact) mass is 395 g/mol. The fourth-order valence-electron chi connectivity index (χ4n) is 4.25. The summed E-state index contributed by atoms with van der Waals surface area (Å²) >= 11 is 0. The number of hydrogen-bond donors (Lipinski definition) is 4. The third-order valence-corrected chi connectivity index (χ3v) is 5.81.